The predicted molar refractivity (Wildman–Crippen MR) is 85.3 cm³/mol. The van der Waals surface area contributed by atoms with E-state index in [4.69, 9.17) is 0 Å². The summed E-state index contributed by atoms with van der Waals surface area (Å²) >= 11 is 2.97. The Bertz CT molecular complexity index is 773. The number of aromatic amines is 1. The van der Waals surface area contributed by atoms with Gasteiger partial charge in [-0.15, -0.1) is 5.10 Å². The van der Waals surface area contributed by atoms with E-state index in [2.05, 4.69) is 5.10 Å². The summed E-state index contributed by atoms with van der Waals surface area (Å²) in [6, 6.07) is 23.6. The van der Waals surface area contributed by atoms with E-state index in [1.807, 2.05) is 72.8 Å². The molecule has 0 saturated heterocycles. The first-order valence-electron chi connectivity index (χ1n) is 6.43. The second-order valence-electron chi connectivity index (χ2n) is 4.27. The molecule has 0 spiro atoms. The molecule has 1 aromatic heterocycles. The Balaban J connectivity index is 1.79. The van der Waals surface area contributed by atoms with Gasteiger partial charge in [-0.25, -0.2) is 0 Å². The first-order chi connectivity index (χ1) is 10.3. The Morgan fingerprint density at radius 2 is 1.29 bits per heavy atom. The van der Waals surface area contributed by atoms with Crippen LogP contribution >= 0.6 is 23.5 Å². The van der Waals surface area contributed by atoms with E-state index in [-0.39, 0.29) is 0 Å². The third-order valence-corrected chi connectivity index (χ3v) is 4.70. The topological polar surface area (TPSA) is 38.8 Å². The molecule has 3 aromatic rings. The molecule has 3 rings (SSSR count). The van der Waals surface area contributed by atoms with Crippen LogP contribution in [-0.4, -0.2) is 5.10 Å². The molecular weight excluding hydrogens is 300 g/mol. The van der Waals surface area contributed by atoms with Crippen LogP contribution in [0.3, 0.4) is 0 Å². The van der Waals surface area contributed by atoms with Crippen LogP contribution in [0, 0.1) is 4.91 Å². The normalized spacial score (nSPS) is 10.5. The highest BCUT2D eigenvalue weighted by atomic mass is 32.2. The molecule has 5 heteroatoms. The lowest BCUT2D eigenvalue weighted by molar-refractivity contribution is -0.609. The van der Waals surface area contributed by atoms with Crippen molar-refractivity contribution in [3.8, 4) is 0 Å². The van der Waals surface area contributed by atoms with Crippen molar-refractivity contribution in [2.24, 2.45) is 0 Å². The summed E-state index contributed by atoms with van der Waals surface area (Å²) in [6.45, 7) is 0. The van der Waals surface area contributed by atoms with Gasteiger partial charge in [-0.1, -0.05) is 48.2 Å². The average Bonchev–Trinajstić information content (AvgIpc) is 2.52. The van der Waals surface area contributed by atoms with E-state index in [1.165, 1.54) is 23.5 Å². The summed E-state index contributed by atoms with van der Waals surface area (Å²) in [5.74, 6) is 0. The minimum Gasteiger partial charge on any atom is -0.107 e. The predicted octanol–water partition coefficient (Wildman–Crippen LogP) is 4.23. The highest BCUT2D eigenvalue weighted by molar-refractivity contribution is 7.99. The van der Waals surface area contributed by atoms with Crippen LogP contribution in [0.25, 0.3) is 0 Å². The zero-order valence-electron chi connectivity index (χ0n) is 11.1. The standard InChI is InChI=1S/C16H13N2OS2/c19-18-16(21-14-9-5-2-6-10-14)12-11-15(17-18)20-13-7-3-1-4-8-13/h1-12H,(H,17,19)/q+1. The van der Waals surface area contributed by atoms with Crippen LogP contribution in [0.2, 0.25) is 0 Å². The fourth-order valence-corrected chi connectivity index (χ4v) is 3.38. The minimum absolute atomic E-state index is 0.624. The van der Waals surface area contributed by atoms with Crippen LogP contribution in [-0.2, 0) is 0 Å². The minimum atomic E-state index is 0.624. The quantitative estimate of drug-likeness (QED) is 0.733. The highest BCUT2D eigenvalue weighted by Crippen LogP contribution is 2.27. The van der Waals surface area contributed by atoms with Crippen molar-refractivity contribution in [1.82, 2.24) is 5.10 Å². The summed E-state index contributed by atoms with van der Waals surface area (Å²) in [4.78, 5) is 14.2. The van der Waals surface area contributed by atoms with Gasteiger partial charge in [0.25, 0.3) is 0 Å². The van der Waals surface area contributed by atoms with Crippen LogP contribution in [0.5, 0.6) is 0 Å². The molecule has 2 aromatic carbocycles. The zero-order chi connectivity index (χ0) is 14.5. The van der Waals surface area contributed by atoms with Gasteiger partial charge in [0.15, 0.2) is 4.54 Å². The van der Waals surface area contributed by atoms with Crippen LogP contribution in [0.1, 0.15) is 0 Å². The second-order valence-corrected chi connectivity index (χ2v) is 6.48. The largest absolute Gasteiger partial charge is 0.330 e. The van der Waals surface area contributed by atoms with Crippen molar-refractivity contribution in [3.05, 3.63) is 77.7 Å². The molecule has 1 heterocycles. The van der Waals surface area contributed by atoms with Crippen molar-refractivity contribution < 1.29 is 4.54 Å². The highest BCUT2D eigenvalue weighted by Gasteiger charge is 2.12. The molecular formula is C16H13N2OS2+. The molecule has 21 heavy (non-hydrogen) atoms. The fourth-order valence-electron chi connectivity index (χ4n) is 1.76. The average molecular weight is 313 g/mol. The van der Waals surface area contributed by atoms with Crippen molar-refractivity contribution in [3.63, 3.8) is 0 Å². The van der Waals surface area contributed by atoms with Crippen LogP contribution < -0.4 is 4.54 Å². The number of rotatable bonds is 4. The maximum Gasteiger partial charge on any atom is 0.330 e. The number of H-pyrrole nitrogens is 1. The third-order valence-electron chi connectivity index (χ3n) is 2.73. The maximum absolute atomic E-state index is 12.1. The molecule has 3 nitrogen and oxygen atoms in total. The molecule has 0 aliphatic heterocycles. The lowest BCUT2D eigenvalue weighted by Gasteiger charge is -1.98. The Hall–Kier alpha value is -1.98. The molecule has 0 aliphatic carbocycles. The molecule has 0 radical (unpaired) electrons. The molecule has 0 atom stereocenters. The van der Waals surface area contributed by atoms with E-state index in [9.17, 15) is 4.91 Å². The number of nitrogens with zero attached hydrogens (tertiary/aromatic N) is 1. The van der Waals surface area contributed by atoms with Gasteiger partial charge in [-0.3, -0.25) is 0 Å². The molecule has 0 fully saturated rings. The summed E-state index contributed by atoms with van der Waals surface area (Å²) in [5.41, 5.74) is 0. The Morgan fingerprint density at radius 3 is 1.86 bits per heavy atom. The summed E-state index contributed by atoms with van der Waals surface area (Å²) in [6.07, 6.45) is 0. The number of benzene rings is 2. The zero-order valence-corrected chi connectivity index (χ0v) is 12.7. The van der Waals surface area contributed by atoms with Gasteiger partial charge in [0.2, 0.25) is 0 Å². The molecule has 104 valence electrons. The molecule has 0 amide bonds. The van der Waals surface area contributed by atoms with E-state index < -0.39 is 0 Å². The number of nitrogens with one attached hydrogen (secondary N) is 1. The van der Waals surface area contributed by atoms with Crippen molar-refractivity contribution in [2.75, 3.05) is 0 Å². The van der Waals surface area contributed by atoms with Crippen molar-refractivity contribution in [2.45, 2.75) is 19.8 Å². The Labute approximate surface area is 131 Å². The Kier molecular flexibility index (Phi) is 4.43. The maximum atomic E-state index is 12.1. The van der Waals surface area contributed by atoms with Gasteiger partial charge < -0.3 is 0 Å². The number of hydrogen-bond donors (Lipinski definition) is 1. The number of aromatic nitrogens is 2. The van der Waals surface area contributed by atoms with E-state index in [1.54, 1.807) is 0 Å². The fraction of sp³-hybridized carbons (Fsp3) is 0. The molecule has 0 bridgehead atoms. The molecule has 0 aliphatic rings. The lowest BCUT2D eigenvalue weighted by atomic mass is 10.4. The second kappa shape index (κ2) is 6.65. The van der Waals surface area contributed by atoms with Crippen molar-refractivity contribution >= 4 is 23.5 Å². The first kappa shape index (κ1) is 14.0. The smallest absolute Gasteiger partial charge is 0.107 e. The van der Waals surface area contributed by atoms with Gasteiger partial charge in [0, 0.05) is 15.9 Å². The van der Waals surface area contributed by atoms with Crippen LogP contribution in [0.15, 0.2) is 92.6 Å². The third kappa shape index (κ3) is 3.77. The summed E-state index contributed by atoms with van der Waals surface area (Å²) in [5, 5.41) is 4.29. The van der Waals surface area contributed by atoms with Gasteiger partial charge in [0.1, 0.15) is 5.03 Å². The number of hydrogen-bond acceptors (Lipinski definition) is 3. The van der Waals surface area contributed by atoms with Crippen LogP contribution in [0.4, 0.5) is 0 Å². The monoisotopic (exact) mass is 313 g/mol. The van der Waals surface area contributed by atoms with Crippen molar-refractivity contribution in [1.29, 1.82) is 0 Å². The van der Waals surface area contributed by atoms with Gasteiger partial charge in [-0.2, -0.15) is 0 Å². The van der Waals surface area contributed by atoms with Gasteiger partial charge >= 0.3 is 5.03 Å². The lowest BCUT2D eigenvalue weighted by Crippen LogP contribution is -2.22. The van der Waals surface area contributed by atoms with E-state index in [0.29, 0.717) is 5.03 Å². The molecule has 0 unspecified atom stereocenters. The first-order valence-corrected chi connectivity index (χ1v) is 8.06. The summed E-state index contributed by atoms with van der Waals surface area (Å²) in [7, 11) is 0. The van der Waals surface area contributed by atoms with E-state index >= 15 is 0 Å². The SMILES string of the molecule is O=[n+]1[nH]c(Sc2ccccc2)ccc1Sc1ccccc1. The summed E-state index contributed by atoms with van der Waals surface area (Å²) < 4.78 is 0.808. The van der Waals surface area contributed by atoms with Gasteiger partial charge in [0.05, 0.1) is 4.91 Å². The molecule has 1 N–H and O–H groups in total. The van der Waals surface area contributed by atoms with Gasteiger partial charge in [-0.05, 0) is 42.1 Å². The van der Waals surface area contributed by atoms with E-state index in [0.717, 1.165) is 19.4 Å². The Morgan fingerprint density at radius 1 is 0.714 bits per heavy atom. The molecule has 0 saturated carbocycles.